The minimum absolute atomic E-state index is 0. The van der Waals surface area contributed by atoms with Crippen molar-refractivity contribution in [2.75, 3.05) is 0 Å². The van der Waals surface area contributed by atoms with E-state index >= 15 is 0 Å². The minimum atomic E-state index is 0. The molecule has 0 saturated heterocycles. The molecular formula is H3AlAsCuGaN. The van der Waals surface area contributed by atoms with E-state index in [1.54, 1.807) is 0 Å². The van der Waals surface area contributed by atoms with Gasteiger partial charge in [-0.25, -0.2) is 0 Å². The molecule has 0 aromatic rings. The van der Waals surface area contributed by atoms with Gasteiger partial charge in [0.2, 0.25) is 0 Å². The molecule has 0 atom stereocenters. The topological polar surface area (TPSA) is 35.0 Å². The summed E-state index contributed by atoms with van der Waals surface area (Å²) >= 11 is 0. The molecule has 0 fully saturated rings. The quantitative estimate of drug-likeness (QED) is 0.552. The van der Waals surface area contributed by atoms with Gasteiger partial charge in [0.1, 0.15) is 0 Å². The number of hydrogen-bond acceptors (Lipinski definition) is 1. The maximum Gasteiger partial charge on any atom is 0 e. The second-order valence-corrected chi connectivity index (χ2v) is 0. The third kappa shape index (κ3) is 22.6. The van der Waals surface area contributed by atoms with Gasteiger partial charge in [-0.1, -0.05) is 0 Å². The molecule has 0 aromatic carbocycles. The van der Waals surface area contributed by atoms with Gasteiger partial charge in [0.15, 0.2) is 0 Å². The Morgan fingerprint density at radius 3 is 1.00 bits per heavy atom. The first-order chi connectivity index (χ1) is 0. The molecule has 10 radical (unpaired) electrons. The van der Waals surface area contributed by atoms with Crippen LogP contribution in [0.2, 0.25) is 0 Å². The zero-order valence-corrected chi connectivity index (χ0v) is 9.01. The van der Waals surface area contributed by atoms with Crippen molar-refractivity contribution >= 4 is 55.1 Å². The van der Waals surface area contributed by atoms with Crippen LogP contribution < -0.4 is 6.15 Å². The molecular weight excluding hydrogens is 249 g/mol. The second-order valence-electron chi connectivity index (χ2n) is 0. The molecule has 0 saturated carbocycles. The van der Waals surface area contributed by atoms with Crippen LogP contribution in [0.4, 0.5) is 0 Å². The van der Waals surface area contributed by atoms with Crippen molar-refractivity contribution in [3.63, 3.8) is 0 Å². The third-order valence-electron chi connectivity index (χ3n) is 0. The molecule has 5 heavy (non-hydrogen) atoms. The fraction of sp³-hybridized carbons (Fsp3) is 0. The Labute approximate surface area is 77.6 Å². The standard InChI is InChI=1S/Al.As.Cu.Ga.H3N/h;;;;1H3. The van der Waals surface area contributed by atoms with E-state index in [9.17, 15) is 0 Å². The van der Waals surface area contributed by atoms with Crippen molar-refractivity contribution in [1.82, 2.24) is 6.15 Å². The molecule has 0 spiro atoms. The Balaban J connectivity index is 0. The molecule has 0 aliphatic heterocycles. The molecule has 0 rings (SSSR count). The van der Waals surface area contributed by atoms with Crippen molar-refractivity contribution in [3.05, 3.63) is 0 Å². The summed E-state index contributed by atoms with van der Waals surface area (Å²) in [6, 6.07) is 0. The van der Waals surface area contributed by atoms with Gasteiger partial charge in [-0.15, -0.1) is 0 Å². The van der Waals surface area contributed by atoms with Crippen molar-refractivity contribution in [2.45, 2.75) is 0 Å². The van der Waals surface area contributed by atoms with Crippen LogP contribution in [0.25, 0.3) is 0 Å². The summed E-state index contributed by atoms with van der Waals surface area (Å²) in [4.78, 5) is 0. The van der Waals surface area contributed by atoms with Crippen LogP contribution in [0, 0.1) is 0 Å². The van der Waals surface area contributed by atoms with Crippen LogP contribution >= 0.6 is 0 Å². The van der Waals surface area contributed by atoms with Crippen molar-refractivity contribution in [1.29, 1.82) is 0 Å². The van der Waals surface area contributed by atoms with Crippen molar-refractivity contribution in [3.8, 4) is 0 Å². The monoisotopic (exact) mass is 251 g/mol. The summed E-state index contributed by atoms with van der Waals surface area (Å²) < 4.78 is 0. The summed E-state index contributed by atoms with van der Waals surface area (Å²) in [6.45, 7) is 0. The van der Waals surface area contributed by atoms with E-state index in [4.69, 9.17) is 0 Å². The van der Waals surface area contributed by atoms with Gasteiger partial charge in [-0.05, 0) is 0 Å². The SMILES string of the molecule is N.[Al].[As].[Cu].[Ga]. The van der Waals surface area contributed by atoms with E-state index < -0.39 is 0 Å². The van der Waals surface area contributed by atoms with E-state index in [-0.39, 0.29) is 78.3 Å². The molecule has 0 aliphatic rings. The van der Waals surface area contributed by atoms with Crippen LogP contribution in [-0.4, -0.2) is 55.1 Å². The van der Waals surface area contributed by atoms with E-state index in [1.165, 1.54) is 0 Å². The molecule has 5 heteroatoms. The Bertz CT molecular complexity index is 11.6. The van der Waals surface area contributed by atoms with Gasteiger partial charge in [0, 0.05) is 72.2 Å². The van der Waals surface area contributed by atoms with Gasteiger partial charge < -0.3 is 6.15 Å². The van der Waals surface area contributed by atoms with Gasteiger partial charge >= 0.3 is 0 Å². The predicted octanol–water partition coefficient (Wildman–Crippen LogP) is -0.983. The summed E-state index contributed by atoms with van der Waals surface area (Å²) in [5.41, 5.74) is 0. The van der Waals surface area contributed by atoms with E-state index in [0.29, 0.717) is 0 Å². The van der Waals surface area contributed by atoms with Crippen LogP contribution in [0.3, 0.4) is 0 Å². The summed E-state index contributed by atoms with van der Waals surface area (Å²) in [5.74, 6) is 0. The molecule has 0 amide bonds. The first kappa shape index (κ1) is 57.0. The molecule has 0 heterocycles. The molecule has 3 N–H and O–H groups in total. The maximum atomic E-state index is 0. The first-order valence-electron chi connectivity index (χ1n) is 0. The Morgan fingerprint density at radius 2 is 1.00 bits per heavy atom. The van der Waals surface area contributed by atoms with Gasteiger partial charge in [0.05, 0.1) is 0 Å². The maximum absolute atomic E-state index is 0. The molecule has 0 aromatic heterocycles. The fourth-order valence-electron chi connectivity index (χ4n) is 0. The zero-order valence-electron chi connectivity index (χ0n) is 2.61. The van der Waals surface area contributed by atoms with Gasteiger partial charge in [-0.3, -0.25) is 0 Å². The summed E-state index contributed by atoms with van der Waals surface area (Å²) in [6.07, 6.45) is 0. The fourth-order valence-corrected chi connectivity index (χ4v) is 0. The van der Waals surface area contributed by atoms with Crippen molar-refractivity contribution in [2.24, 2.45) is 0 Å². The summed E-state index contributed by atoms with van der Waals surface area (Å²) in [5, 5.41) is 0. The minimum Gasteiger partial charge on any atom is -0.344 e. The molecule has 0 aliphatic carbocycles. The smallest absolute Gasteiger partial charge is 0 e. The molecule has 0 unspecified atom stereocenters. The van der Waals surface area contributed by atoms with Crippen LogP contribution in [0.15, 0.2) is 0 Å². The van der Waals surface area contributed by atoms with E-state index in [1.807, 2.05) is 0 Å². The molecule has 30 valence electrons. The molecule has 0 bridgehead atoms. The van der Waals surface area contributed by atoms with Crippen LogP contribution in [0.5, 0.6) is 0 Å². The first-order valence-corrected chi connectivity index (χ1v) is 0. The Morgan fingerprint density at radius 1 is 1.00 bits per heavy atom. The average Bonchev–Trinajstić information content (AvgIpc) is 0. The van der Waals surface area contributed by atoms with Gasteiger partial charge in [0.25, 0.3) is 0 Å². The van der Waals surface area contributed by atoms with Gasteiger partial charge in [-0.2, -0.15) is 0 Å². The van der Waals surface area contributed by atoms with E-state index in [2.05, 4.69) is 0 Å². The average molecular weight is 252 g/mol. The third-order valence-corrected chi connectivity index (χ3v) is 0. The zero-order chi connectivity index (χ0) is 0. The van der Waals surface area contributed by atoms with Crippen LogP contribution in [0.1, 0.15) is 0 Å². The second kappa shape index (κ2) is 34.6. The normalized spacial score (nSPS) is 0. The van der Waals surface area contributed by atoms with Crippen LogP contribution in [-0.2, 0) is 17.1 Å². The predicted molar refractivity (Wildman–Crippen MR) is 22.3 cm³/mol. The largest absolute Gasteiger partial charge is 0.344 e. The van der Waals surface area contributed by atoms with Crippen molar-refractivity contribution < 1.29 is 17.1 Å². The molecule has 1 nitrogen and oxygen atoms in total. The Hall–Kier alpha value is 2.21. The number of hydrogen-bond donors (Lipinski definition) is 1. The van der Waals surface area contributed by atoms with E-state index in [0.717, 1.165) is 0 Å². The summed E-state index contributed by atoms with van der Waals surface area (Å²) in [7, 11) is 0. The Kier molecular flexibility index (Phi) is 394. The number of rotatable bonds is 0.